The van der Waals surface area contributed by atoms with E-state index in [1.165, 1.54) is 28.3 Å². The molecular weight excluding hydrogens is 280 g/mol. The summed E-state index contributed by atoms with van der Waals surface area (Å²) in [5, 5.41) is 11.3. The monoisotopic (exact) mass is 290 g/mol. The Morgan fingerprint density at radius 2 is 2.35 bits per heavy atom. The molecular formula is C13H10N2O4S. The van der Waals surface area contributed by atoms with E-state index in [1.54, 1.807) is 13.0 Å². The van der Waals surface area contributed by atoms with Crippen LogP contribution < -0.4 is 5.56 Å². The number of aromatic nitrogens is 2. The van der Waals surface area contributed by atoms with E-state index in [0.717, 1.165) is 0 Å². The van der Waals surface area contributed by atoms with Gasteiger partial charge < -0.3 is 9.52 Å². The number of rotatable bonds is 3. The molecule has 0 fully saturated rings. The van der Waals surface area contributed by atoms with E-state index in [-0.39, 0.29) is 17.9 Å². The molecule has 3 rings (SSSR count). The van der Waals surface area contributed by atoms with Crippen molar-refractivity contribution in [2.45, 2.75) is 13.5 Å². The zero-order valence-electron chi connectivity index (χ0n) is 10.5. The van der Waals surface area contributed by atoms with Crippen molar-refractivity contribution < 1.29 is 14.3 Å². The minimum atomic E-state index is -1.13. The number of nitrogens with zero attached hydrogens (tertiary/aromatic N) is 2. The lowest BCUT2D eigenvalue weighted by atomic mass is 10.2. The van der Waals surface area contributed by atoms with Crippen molar-refractivity contribution in [3.8, 4) is 0 Å². The molecule has 0 aliphatic rings. The maximum Gasteiger partial charge on any atom is 0.371 e. The highest BCUT2D eigenvalue weighted by atomic mass is 32.1. The summed E-state index contributed by atoms with van der Waals surface area (Å²) in [5.41, 5.74) is 0.509. The van der Waals surface area contributed by atoms with E-state index < -0.39 is 5.97 Å². The fourth-order valence-corrected chi connectivity index (χ4v) is 2.69. The van der Waals surface area contributed by atoms with Gasteiger partial charge in [0.05, 0.1) is 18.3 Å². The molecule has 0 amide bonds. The third-order valence-corrected chi connectivity index (χ3v) is 3.84. The summed E-state index contributed by atoms with van der Waals surface area (Å²) >= 11 is 1.41. The molecule has 0 atom stereocenters. The number of carboxylic acid groups (broad SMARTS) is 1. The van der Waals surface area contributed by atoms with Gasteiger partial charge in [0, 0.05) is 5.56 Å². The number of aryl methyl sites for hydroxylation is 1. The molecule has 0 aliphatic carbocycles. The van der Waals surface area contributed by atoms with Gasteiger partial charge >= 0.3 is 5.97 Å². The van der Waals surface area contributed by atoms with E-state index in [4.69, 9.17) is 9.52 Å². The van der Waals surface area contributed by atoms with Crippen molar-refractivity contribution in [3.63, 3.8) is 0 Å². The molecule has 0 aliphatic heterocycles. The maximum absolute atomic E-state index is 12.2. The number of aromatic carboxylic acids is 1. The van der Waals surface area contributed by atoms with Crippen LogP contribution in [0.15, 0.2) is 33.1 Å². The van der Waals surface area contributed by atoms with Crippen molar-refractivity contribution >= 4 is 27.5 Å². The second-order valence-corrected chi connectivity index (χ2v) is 5.21. The SMILES string of the molecule is Cc1oc(C(=O)O)cc1Cn1cnc2sccc2c1=O. The van der Waals surface area contributed by atoms with Gasteiger partial charge in [-0.25, -0.2) is 9.78 Å². The van der Waals surface area contributed by atoms with Crippen molar-refractivity contribution in [1.82, 2.24) is 9.55 Å². The smallest absolute Gasteiger partial charge is 0.371 e. The van der Waals surface area contributed by atoms with E-state index in [0.29, 0.717) is 21.5 Å². The first-order chi connectivity index (χ1) is 9.56. The zero-order valence-corrected chi connectivity index (χ0v) is 11.3. The quantitative estimate of drug-likeness (QED) is 0.798. The van der Waals surface area contributed by atoms with Gasteiger partial charge in [0.2, 0.25) is 5.76 Å². The highest BCUT2D eigenvalue weighted by Crippen LogP contribution is 2.17. The molecule has 3 heterocycles. The second kappa shape index (κ2) is 4.61. The predicted octanol–water partition coefficient (Wildman–Crippen LogP) is 2.11. The van der Waals surface area contributed by atoms with Gasteiger partial charge in [0.15, 0.2) is 0 Å². The molecule has 20 heavy (non-hydrogen) atoms. The highest BCUT2D eigenvalue weighted by molar-refractivity contribution is 7.16. The summed E-state index contributed by atoms with van der Waals surface area (Å²) in [6.07, 6.45) is 1.47. The maximum atomic E-state index is 12.2. The fraction of sp³-hybridized carbons (Fsp3) is 0.154. The van der Waals surface area contributed by atoms with Gasteiger partial charge in [-0.15, -0.1) is 11.3 Å². The highest BCUT2D eigenvalue weighted by Gasteiger charge is 2.14. The average Bonchev–Trinajstić information content (AvgIpc) is 3.00. The Morgan fingerprint density at radius 1 is 1.55 bits per heavy atom. The summed E-state index contributed by atoms with van der Waals surface area (Å²) in [4.78, 5) is 28.0. The number of carbonyl (C=O) groups is 1. The molecule has 102 valence electrons. The molecule has 0 saturated heterocycles. The van der Waals surface area contributed by atoms with Crippen molar-refractivity contribution in [3.05, 3.63) is 51.3 Å². The number of hydrogen-bond acceptors (Lipinski definition) is 5. The number of fused-ring (bicyclic) bond motifs is 1. The van der Waals surface area contributed by atoms with E-state index in [9.17, 15) is 9.59 Å². The van der Waals surface area contributed by atoms with Gasteiger partial charge in [-0.05, 0) is 24.4 Å². The fourth-order valence-electron chi connectivity index (χ4n) is 1.97. The molecule has 0 spiro atoms. The van der Waals surface area contributed by atoms with Crippen molar-refractivity contribution in [2.24, 2.45) is 0 Å². The van der Waals surface area contributed by atoms with Crippen molar-refractivity contribution in [2.75, 3.05) is 0 Å². The van der Waals surface area contributed by atoms with Crippen LogP contribution in [0.2, 0.25) is 0 Å². The van der Waals surface area contributed by atoms with Crippen LogP contribution in [-0.2, 0) is 6.54 Å². The Kier molecular flexibility index (Phi) is 2.90. The van der Waals surface area contributed by atoms with Crippen LogP contribution in [0.25, 0.3) is 10.2 Å². The van der Waals surface area contributed by atoms with Crippen LogP contribution in [0, 0.1) is 6.92 Å². The number of hydrogen-bond donors (Lipinski definition) is 1. The first kappa shape index (κ1) is 12.6. The van der Waals surface area contributed by atoms with Crippen LogP contribution >= 0.6 is 11.3 Å². The standard InChI is InChI=1S/C13H10N2O4S/c1-7-8(4-10(19-7)13(17)18)5-15-6-14-11-9(12(15)16)2-3-20-11/h2-4,6H,5H2,1H3,(H,17,18). The first-order valence-corrected chi connectivity index (χ1v) is 6.69. The third-order valence-electron chi connectivity index (χ3n) is 3.02. The summed E-state index contributed by atoms with van der Waals surface area (Å²) in [5.74, 6) is -0.770. The molecule has 3 aromatic heterocycles. The van der Waals surface area contributed by atoms with Gasteiger partial charge in [0.1, 0.15) is 10.6 Å². The molecule has 0 radical (unpaired) electrons. The third kappa shape index (κ3) is 2.01. The summed E-state index contributed by atoms with van der Waals surface area (Å²) < 4.78 is 6.57. The minimum Gasteiger partial charge on any atom is -0.475 e. The van der Waals surface area contributed by atoms with Gasteiger partial charge in [-0.1, -0.05) is 0 Å². The van der Waals surface area contributed by atoms with Gasteiger partial charge in [0.25, 0.3) is 5.56 Å². The van der Waals surface area contributed by atoms with Crippen LogP contribution in [-0.4, -0.2) is 20.6 Å². The molecule has 1 N–H and O–H groups in total. The summed E-state index contributed by atoms with van der Waals surface area (Å²) in [6.45, 7) is 1.91. The van der Waals surface area contributed by atoms with Gasteiger partial charge in [-0.2, -0.15) is 0 Å². The minimum absolute atomic E-state index is 0.130. The lowest BCUT2D eigenvalue weighted by Gasteiger charge is -2.03. The first-order valence-electron chi connectivity index (χ1n) is 5.81. The lowest BCUT2D eigenvalue weighted by molar-refractivity contribution is 0.0661. The van der Waals surface area contributed by atoms with Crippen molar-refractivity contribution in [1.29, 1.82) is 0 Å². The lowest BCUT2D eigenvalue weighted by Crippen LogP contribution is -2.20. The zero-order chi connectivity index (χ0) is 14.3. The molecule has 3 aromatic rings. The van der Waals surface area contributed by atoms with E-state index in [1.807, 2.05) is 5.38 Å². The Morgan fingerprint density at radius 3 is 3.05 bits per heavy atom. The van der Waals surface area contributed by atoms with Crippen LogP contribution in [0.5, 0.6) is 0 Å². The van der Waals surface area contributed by atoms with Crippen LogP contribution in [0.3, 0.4) is 0 Å². The summed E-state index contributed by atoms with van der Waals surface area (Å²) in [6, 6.07) is 3.17. The number of carboxylic acids is 1. The van der Waals surface area contributed by atoms with E-state index in [2.05, 4.69) is 4.98 Å². The Labute approximate surface area is 116 Å². The molecule has 0 saturated carbocycles. The predicted molar refractivity (Wildman–Crippen MR) is 73.4 cm³/mol. The molecule has 7 heteroatoms. The average molecular weight is 290 g/mol. The Bertz CT molecular complexity index is 859. The molecule has 6 nitrogen and oxygen atoms in total. The Balaban J connectivity index is 2.03. The molecule has 0 unspecified atom stereocenters. The van der Waals surface area contributed by atoms with Crippen LogP contribution in [0.1, 0.15) is 21.9 Å². The largest absolute Gasteiger partial charge is 0.475 e. The van der Waals surface area contributed by atoms with E-state index >= 15 is 0 Å². The topological polar surface area (TPSA) is 85.3 Å². The van der Waals surface area contributed by atoms with Gasteiger partial charge in [-0.3, -0.25) is 9.36 Å². The number of thiophene rings is 1. The normalized spacial score (nSPS) is 11.1. The summed E-state index contributed by atoms with van der Waals surface area (Å²) in [7, 11) is 0. The molecule has 0 bridgehead atoms. The number of furan rings is 1. The van der Waals surface area contributed by atoms with Crippen LogP contribution in [0.4, 0.5) is 0 Å². The molecule has 0 aromatic carbocycles. The second-order valence-electron chi connectivity index (χ2n) is 4.31. The Hall–Kier alpha value is -2.41.